The van der Waals surface area contributed by atoms with Crippen LogP contribution < -0.4 is 0 Å². The average molecular weight is 184 g/mol. The first kappa shape index (κ1) is 14.7. The molecule has 0 bridgehead atoms. The molecule has 0 fully saturated rings. The first-order valence-electron chi connectivity index (χ1n) is 5.32. The van der Waals surface area contributed by atoms with E-state index in [-0.39, 0.29) is 0 Å². The average Bonchev–Trinajstić information content (AvgIpc) is 2.59. The first-order valence-corrected chi connectivity index (χ1v) is 5.32. The predicted molar refractivity (Wildman–Crippen MR) is 60.0 cm³/mol. The van der Waals surface area contributed by atoms with Gasteiger partial charge in [-0.1, -0.05) is 34.6 Å². The third-order valence-corrected chi connectivity index (χ3v) is 1.22. The normalized spacial score (nSPS) is 7.85. The largest absolute Gasteiger partial charge is 0.273 e. The molecule has 0 aliphatic rings. The smallest absolute Gasteiger partial charge is 0.0518 e. The minimum atomic E-state index is 1.04. The minimum absolute atomic E-state index is 1.04. The summed E-state index contributed by atoms with van der Waals surface area (Å²) in [4.78, 5) is 0. The highest BCUT2D eigenvalue weighted by molar-refractivity contribution is 4.99. The molecule has 0 aliphatic heterocycles. The lowest BCUT2D eigenvalue weighted by atomic mass is 10.4. The molecule has 0 atom stereocenters. The number of aryl methyl sites for hydroxylation is 2. The van der Waals surface area contributed by atoms with Gasteiger partial charge >= 0.3 is 0 Å². The Morgan fingerprint density at radius 2 is 1.77 bits per heavy atom. The molecule has 1 aromatic rings. The van der Waals surface area contributed by atoms with Gasteiger partial charge in [-0.2, -0.15) is 5.10 Å². The number of hydrogen-bond donors (Lipinski definition) is 0. The SMILES string of the molecule is CC.CC.CCCn1cc(C)cn1. The Labute approximate surface area is 83.0 Å². The quantitative estimate of drug-likeness (QED) is 0.686. The van der Waals surface area contributed by atoms with E-state index in [1.165, 1.54) is 5.56 Å². The maximum absolute atomic E-state index is 4.12. The minimum Gasteiger partial charge on any atom is -0.273 e. The zero-order valence-electron chi connectivity index (χ0n) is 9.96. The molecule has 0 amide bonds. The van der Waals surface area contributed by atoms with Gasteiger partial charge in [-0.15, -0.1) is 0 Å². The van der Waals surface area contributed by atoms with Crippen molar-refractivity contribution in [3.05, 3.63) is 18.0 Å². The zero-order valence-corrected chi connectivity index (χ0v) is 9.96. The molecule has 0 saturated carbocycles. The number of hydrogen-bond acceptors (Lipinski definition) is 1. The van der Waals surface area contributed by atoms with Crippen LogP contribution in [0.3, 0.4) is 0 Å². The van der Waals surface area contributed by atoms with E-state index in [1.54, 1.807) is 0 Å². The van der Waals surface area contributed by atoms with Crippen molar-refractivity contribution in [2.75, 3.05) is 0 Å². The predicted octanol–water partition coefficient (Wildman–Crippen LogP) is 3.65. The number of aromatic nitrogens is 2. The van der Waals surface area contributed by atoms with E-state index in [9.17, 15) is 0 Å². The summed E-state index contributed by atoms with van der Waals surface area (Å²) in [7, 11) is 0. The lowest BCUT2D eigenvalue weighted by Crippen LogP contribution is -1.95. The molecule has 1 rings (SSSR count). The standard InChI is InChI=1S/C7H12N2.2C2H6/c1-3-4-9-6-7(2)5-8-9;2*1-2/h5-6H,3-4H2,1-2H3;2*1-2H3. The second-order valence-corrected chi connectivity index (χ2v) is 2.28. The summed E-state index contributed by atoms with van der Waals surface area (Å²) in [6.45, 7) is 13.2. The third-order valence-electron chi connectivity index (χ3n) is 1.22. The Bertz CT molecular complexity index is 180. The van der Waals surface area contributed by atoms with Crippen LogP contribution in [0.4, 0.5) is 0 Å². The molecule has 0 N–H and O–H groups in total. The molecular formula is C11H24N2. The molecule has 1 heterocycles. The Hall–Kier alpha value is -0.790. The summed E-state index contributed by atoms with van der Waals surface area (Å²) in [5.41, 5.74) is 1.24. The van der Waals surface area contributed by atoms with Gasteiger partial charge in [0, 0.05) is 12.7 Å². The molecule has 0 radical (unpaired) electrons. The van der Waals surface area contributed by atoms with Crippen molar-refractivity contribution in [2.45, 2.75) is 54.5 Å². The van der Waals surface area contributed by atoms with E-state index in [0.717, 1.165) is 13.0 Å². The Morgan fingerprint density at radius 3 is 2.08 bits per heavy atom. The fourth-order valence-corrected chi connectivity index (χ4v) is 0.818. The van der Waals surface area contributed by atoms with Crippen molar-refractivity contribution in [1.29, 1.82) is 0 Å². The molecule has 0 saturated heterocycles. The van der Waals surface area contributed by atoms with Gasteiger partial charge in [-0.25, -0.2) is 0 Å². The fraction of sp³-hybridized carbons (Fsp3) is 0.727. The van der Waals surface area contributed by atoms with Crippen LogP contribution in [0.1, 0.15) is 46.6 Å². The van der Waals surface area contributed by atoms with Crippen LogP contribution in [0.2, 0.25) is 0 Å². The van der Waals surface area contributed by atoms with Crippen molar-refractivity contribution < 1.29 is 0 Å². The second-order valence-electron chi connectivity index (χ2n) is 2.28. The highest BCUT2D eigenvalue weighted by Crippen LogP contribution is 1.94. The molecule has 13 heavy (non-hydrogen) atoms. The topological polar surface area (TPSA) is 17.8 Å². The van der Waals surface area contributed by atoms with Crippen molar-refractivity contribution in [3.63, 3.8) is 0 Å². The van der Waals surface area contributed by atoms with E-state index >= 15 is 0 Å². The van der Waals surface area contributed by atoms with Crippen LogP contribution in [-0.4, -0.2) is 9.78 Å². The highest BCUT2D eigenvalue weighted by atomic mass is 15.3. The Balaban J connectivity index is 0. The lowest BCUT2D eigenvalue weighted by molar-refractivity contribution is 0.602. The van der Waals surface area contributed by atoms with Gasteiger partial charge < -0.3 is 0 Å². The van der Waals surface area contributed by atoms with E-state index in [4.69, 9.17) is 0 Å². The van der Waals surface area contributed by atoms with Crippen LogP contribution in [0, 0.1) is 6.92 Å². The van der Waals surface area contributed by atoms with E-state index < -0.39 is 0 Å². The molecular weight excluding hydrogens is 160 g/mol. The highest BCUT2D eigenvalue weighted by Gasteiger charge is 1.88. The molecule has 2 nitrogen and oxygen atoms in total. The molecule has 0 aromatic carbocycles. The van der Waals surface area contributed by atoms with Crippen molar-refractivity contribution >= 4 is 0 Å². The molecule has 2 heteroatoms. The van der Waals surface area contributed by atoms with Gasteiger partial charge in [-0.3, -0.25) is 4.68 Å². The molecule has 0 spiro atoms. The monoisotopic (exact) mass is 184 g/mol. The molecule has 0 aliphatic carbocycles. The fourth-order valence-electron chi connectivity index (χ4n) is 0.818. The van der Waals surface area contributed by atoms with Gasteiger partial charge in [0.15, 0.2) is 0 Å². The first-order chi connectivity index (χ1) is 6.33. The molecule has 0 unspecified atom stereocenters. The molecule has 78 valence electrons. The molecule has 1 aromatic heterocycles. The summed E-state index contributed by atoms with van der Waals surface area (Å²) in [5.74, 6) is 0. The summed E-state index contributed by atoms with van der Waals surface area (Å²) in [6, 6.07) is 0. The Morgan fingerprint density at radius 1 is 1.23 bits per heavy atom. The van der Waals surface area contributed by atoms with E-state index in [1.807, 2.05) is 38.6 Å². The van der Waals surface area contributed by atoms with Crippen molar-refractivity contribution in [3.8, 4) is 0 Å². The maximum Gasteiger partial charge on any atom is 0.0518 e. The summed E-state index contributed by atoms with van der Waals surface area (Å²) < 4.78 is 1.97. The lowest BCUT2D eigenvalue weighted by Gasteiger charge is -1.93. The van der Waals surface area contributed by atoms with Crippen LogP contribution in [0.15, 0.2) is 12.4 Å². The van der Waals surface area contributed by atoms with Crippen LogP contribution in [0.5, 0.6) is 0 Å². The Kier molecular flexibility index (Phi) is 12.7. The summed E-state index contributed by atoms with van der Waals surface area (Å²) >= 11 is 0. The van der Waals surface area contributed by atoms with Gasteiger partial charge in [-0.05, 0) is 18.9 Å². The van der Waals surface area contributed by atoms with Crippen molar-refractivity contribution in [2.24, 2.45) is 0 Å². The van der Waals surface area contributed by atoms with Crippen molar-refractivity contribution in [1.82, 2.24) is 9.78 Å². The second kappa shape index (κ2) is 11.2. The summed E-state index contributed by atoms with van der Waals surface area (Å²) in [5, 5.41) is 4.12. The van der Waals surface area contributed by atoms with E-state index in [0.29, 0.717) is 0 Å². The van der Waals surface area contributed by atoms with Gasteiger partial charge in [0.05, 0.1) is 6.20 Å². The third kappa shape index (κ3) is 7.57. The van der Waals surface area contributed by atoms with Gasteiger partial charge in [0.2, 0.25) is 0 Å². The van der Waals surface area contributed by atoms with Crippen LogP contribution in [0.25, 0.3) is 0 Å². The summed E-state index contributed by atoms with van der Waals surface area (Å²) in [6.07, 6.45) is 5.10. The maximum atomic E-state index is 4.12. The van der Waals surface area contributed by atoms with Crippen LogP contribution in [-0.2, 0) is 6.54 Å². The zero-order chi connectivity index (χ0) is 10.7. The number of nitrogens with zero attached hydrogens (tertiary/aromatic N) is 2. The van der Waals surface area contributed by atoms with Crippen LogP contribution >= 0.6 is 0 Å². The van der Waals surface area contributed by atoms with Gasteiger partial charge in [0.1, 0.15) is 0 Å². The van der Waals surface area contributed by atoms with E-state index in [2.05, 4.69) is 25.1 Å². The van der Waals surface area contributed by atoms with Gasteiger partial charge in [0.25, 0.3) is 0 Å². The number of rotatable bonds is 2.